The maximum Gasteiger partial charge on any atom is 0.416 e. The minimum Gasteiger partial charge on any atom is -0.492 e. The second kappa shape index (κ2) is 11.2. The number of para-hydroxylation sites is 1. The van der Waals surface area contributed by atoms with Gasteiger partial charge in [0, 0.05) is 19.5 Å². The van der Waals surface area contributed by atoms with Crippen molar-refractivity contribution in [2.75, 3.05) is 32.9 Å². The molecular formula is C23H19Cl2F3N2O5. The van der Waals surface area contributed by atoms with Crippen LogP contribution in [0, 0.1) is 11.3 Å². The Bertz CT molecular complexity index is 1130. The quantitative estimate of drug-likeness (QED) is 0.465. The summed E-state index contributed by atoms with van der Waals surface area (Å²) in [6.07, 6.45) is -5.06. The lowest BCUT2D eigenvalue weighted by molar-refractivity contribution is -0.154. The lowest BCUT2D eigenvalue weighted by Gasteiger charge is -2.34. The topological polar surface area (TPSA) is 88.9 Å². The number of hydrogen-bond donors (Lipinski definition) is 0. The van der Waals surface area contributed by atoms with Gasteiger partial charge in [0.15, 0.2) is 0 Å². The lowest BCUT2D eigenvalue weighted by atomic mass is 9.95. The van der Waals surface area contributed by atoms with E-state index in [1.165, 1.54) is 17.0 Å². The van der Waals surface area contributed by atoms with Crippen molar-refractivity contribution in [3.63, 3.8) is 0 Å². The molecule has 3 rings (SSSR count). The van der Waals surface area contributed by atoms with E-state index in [-0.39, 0.29) is 54.5 Å². The molecule has 1 amide bonds. The number of hydrogen-bond acceptors (Lipinski definition) is 6. The summed E-state index contributed by atoms with van der Waals surface area (Å²) in [6.45, 7) is 0.375. The third kappa shape index (κ3) is 6.17. The van der Waals surface area contributed by atoms with Crippen molar-refractivity contribution in [2.24, 2.45) is 0 Å². The summed E-state index contributed by atoms with van der Waals surface area (Å²) >= 11 is 12.0. The van der Waals surface area contributed by atoms with Crippen molar-refractivity contribution in [3.8, 4) is 17.6 Å². The predicted octanol–water partition coefficient (Wildman–Crippen LogP) is 4.55. The molecule has 1 fully saturated rings. The smallest absolute Gasteiger partial charge is 0.416 e. The number of ether oxygens (including phenoxy) is 3. The third-order valence-electron chi connectivity index (χ3n) is 5.10. The highest BCUT2D eigenvalue weighted by Gasteiger charge is 2.51. The highest BCUT2D eigenvalue weighted by molar-refractivity contribution is 6.32. The van der Waals surface area contributed by atoms with Gasteiger partial charge in [-0.15, -0.1) is 0 Å². The SMILES string of the molecule is N#CC(Oc1ccccc1Cl)(C(=O)CCOc1ccc(C(F)(F)F)cc1Cl)C(=O)N1CCOCC1. The first-order valence-corrected chi connectivity index (χ1v) is 11.1. The van der Waals surface area contributed by atoms with Crippen LogP contribution in [0.25, 0.3) is 0 Å². The van der Waals surface area contributed by atoms with Crippen LogP contribution in [-0.4, -0.2) is 55.1 Å². The molecule has 1 aliphatic heterocycles. The number of halogens is 5. The maximum absolute atomic E-state index is 13.3. The van der Waals surface area contributed by atoms with Gasteiger partial charge in [-0.05, 0) is 30.3 Å². The number of nitrogens with zero attached hydrogens (tertiary/aromatic N) is 2. The Kier molecular flexibility index (Phi) is 8.48. The van der Waals surface area contributed by atoms with E-state index in [4.69, 9.17) is 37.4 Å². The summed E-state index contributed by atoms with van der Waals surface area (Å²) in [5.74, 6) is -1.93. The van der Waals surface area contributed by atoms with Crippen LogP contribution in [0.1, 0.15) is 12.0 Å². The minimum absolute atomic E-state index is 0.0441. The second-order valence-corrected chi connectivity index (χ2v) is 8.21. The second-order valence-electron chi connectivity index (χ2n) is 7.39. The molecule has 1 aliphatic rings. The van der Waals surface area contributed by atoms with E-state index in [0.29, 0.717) is 6.07 Å². The van der Waals surface area contributed by atoms with Crippen LogP contribution in [0.5, 0.6) is 11.5 Å². The van der Waals surface area contributed by atoms with E-state index in [1.807, 2.05) is 0 Å². The first kappa shape index (κ1) is 26.6. The minimum atomic E-state index is -4.58. The Labute approximate surface area is 208 Å². The number of carbonyl (C=O) groups is 2. The number of rotatable bonds is 8. The van der Waals surface area contributed by atoms with Crippen molar-refractivity contribution in [1.29, 1.82) is 5.26 Å². The molecule has 1 unspecified atom stereocenters. The molecule has 2 aromatic rings. The van der Waals surface area contributed by atoms with Gasteiger partial charge < -0.3 is 19.1 Å². The summed E-state index contributed by atoms with van der Waals surface area (Å²) in [6, 6.07) is 10.2. The Morgan fingerprint density at radius 3 is 2.34 bits per heavy atom. The average Bonchev–Trinajstić information content (AvgIpc) is 2.84. The van der Waals surface area contributed by atoms with Gasteiger partial charge in [0.05, 0.1) is 35.4 Å². The van der Waals surface area contributed by atoms with Gasteiger partial charge in [-0.25, -0.2) is 0 Å². The van der Waals surface area contributed by atoms with Gasteiger partial charge in [0.25, 0.3) is 5.91 Å². The number of Topliss-reactive ketones (excluding diaryl/α,β-unsaturated/α-hetero) is 1. The molecule has 0 bridgehead atoms. The maximum atomic E-state index is 13.3. The Morgan fingerprint density at radius 1 is 1.06 bits per heavy atom. The normalized spacial score (nSPS) is 15.6. The third-order valence-corrected chi connectivity index (χ3v) is 5.70. The average molecular weight is 531 g/mol. The van der Waals surface area contributed by atoms with Crippen molar-refractivity contribution >= 4 is 34.9 Å². The Morgan fingerprint density at radius 2 is 1.74 bits per heavy atom. The van der Waals surface area contributed by atoms with Crippen LogP contribution in [0.3, 0.4) is 0 Å². The fourth-order valence-corrected chi connectivity index (χ4v) is 3.67. The van der Waals surface area contributed by atoms with Crippen LogP contribution >= 0.6 is 23.2 Å². The van der Waals surface area contributed by atoms with Crippen LogP contribution in [0.4, 0.5) is 13.2 Å². The summed E-state index contributed by atoms with van der Waals surface area (Å²) in [4.78, 5) is 27.8. The van der Waals surface area contributed by atoms with E-state index in [0.717, 1.165) is 12.1 Å². The van der Waals surface area contributed by atoms with Crippen LogP contribution in [0.2, 0.25) is 10.0 Å². The van der Waals surface area contributed by atoms with Gasteiger partial charge >= 0.3 is 11.8 Å². The lowest BCUT2D eigenvalue weighted by Crippen LogP contribution is -2.59. The molecule has 35 heavy (non-hydrogen) atoms. The van der Waals surface area contributed by atoms with Gasteiger partial charge in [-0.2, -0.15) is 18.4 Å². The van der Waals surface area contributed by atoms with Gasteiger partial charge in [0.1, 0.15) is 17.6 Å². The van der Waals surface area contributed by atoms with E-state index in [9.17, 15) is 28.0 Å². The fourth-order valence-electron chi connectivity index (χ4n) is 3.26. The summed E-state index contributed by atoms with van der Waals surface area (Å²) in [5.41, 5.74) is -3.52. The molecular weight excluding hydrogens is 512 g/mol. The van der Waals surface area contributed by atoms with E-state index >= 15 is 0 Å². The number of alkyl halides is 3. The first-order chi connectivity index (χ1) is 16.6. The molecule has 1 heterocycles. The molecule has 186 valence electrons. The molecule has 7 nitrogen and oxygen atoms in total. The first-order valence-electron chi connectivity index (χ1n) is 10.3. The number of ketones is 1. The number of amides is 1. The van der Waals surface area contributed by atoms with Crippen molar-refractivity contribution in [1.82, 2.24) is 4.90 Å². The van der Waals surface area contributed by atoms with Gasteiger partial charge in [-0.1, -0.05) is 35.3 Å². The van der Waals surface area contributed by atoms with Gasteiger partial charge in [0.2, 0.25) is 5.78 Å². The largest absolute Gasteiger partial charge is 0.492 e. The van der Waals surface area contributed by atoms with Crippen molar-refractivity contribution in [3.05, 3.63) is 58.1 Å². The summed E-state index contributed by atoms with van der Waals surface area (Å²) in [7, 11) is 0. The number of nitriles is 1. The molecule has 12 heteroatoms. The van der Waals surface area contributed by atoms with Crippen molar-refractivity contribution in [2.45, 2.75) is 18.2 Å². The molecule has 0 radical (unpaired) electrons. The Hall–Kier alpha value is -3.00. The fraction of sp³-hybridized carbons (Fsp3) is 0.348. The van der Waals surface area contributed by atoms with Crippen LogP contribution < -0.4 is 9.47 Å². The number of carbonyl (C=O) groups excluding carboxylic acids is 2. The zero-order valence-corrected chi connectivity index (χ0v) is 19.6. The molecule has 0 aromatic heterocycles. The molecule has 0 saturated carbocycles. The van der Waals surface area contributed by atoms with Crippen LogP contribution in [-0.2, 0) is 20.5 Å². The van der Waals surface area contributed by atoms with E-state index in [1.54, 1.807) is 18.2 Å². The zero-order chi connectivity index (χ0) is 25.6. The standard InChI is InChI=1S/C23H19Cl2F3N2O5/c24-16-3-1-2-4-19(16)35-22(14-29,21(32)30-8-11-33-12-9-30)20(31)7-10-34-18-6-5-15(13-17(18)25)23(26,27)28/h1-6,13H,7-12H2. The van der Waals surface area contributed by atoms with E-state index in [2.05, 4.69) is 0 Å². The molecule has 0 spiro atoms. The highest BCUT2D eigenvalue weighted by Crippen LogP contribution is 2.35. The Balaban J connectivity index is 1.80. The predicted molar refractivity (Wildman–Crippen MR) is 119 cm³/mol. The molecule has 2 aromatic carbocycles. The zero-order valence-electron chi connectivity index (χ0n) is 18.1. The van der Waals surface area contributed by atoms with E-state index < -0.39 is 35.5 Å². The molecule has 1 saturated heterocycles. The summed E-state index contributed by atoms with van der Waals surface area (Å²) in [5, 5.41) is 9.76. The molecule has 0 aliphatic carbocycles. The molecule has 1 atom stereocenters. The monoisotopic (exact) mass is 530 g/mol. The van der Waals surface area contributed by atoms with Crippen molar-refractivity contribution < 1.29 is 37.0 Å². The summed E-state index contributed by atoms with van der Waals surface area (Å²) < 4.78 is 54.7. The van der Waals surface area contributed by atoms with Gasteiger partial charge in [-0.3, -0.25) is 9.59 Å². The highest BCUT2D eigenvalue weighted by atomic mass is 35.5. The molecule has 0 N–H and O–H groups in total. The number of benzene rings is 2. The van der Waals surface area contributed by atoms with Crippen LogP contribution in [0.15, 0.2) is 42.5 Å². The number of morpholine rings is 1.